The van der Waals surface area contributed by atoms with Gasteiger partial charge in [-0.25, -0.2) is 0 Å². The first kappa shape index (κ1) is 13.9. The minimum atomic E-state index is 0.549. The molecule has 0 heterocycles. The molecular formula is C19H24. The SMILES string of the molecule is Cc1ccccc1-c1c(C(C)C)cccc1C(C)C. The Morgan fingerprint density at radius 2 is 1.21 bits per heavy atom. The molecule has 0 aromatic heterocycles. The van der Waals surface area contributed by atoms with Gasteiger partial charge in [0.2, 0.25) is 0 Å². The molecule has 100 valence electrons. The molecule has 19 heavy (non-hydrogen) atoms. The second-order valence-corrected chi connectivity index (χ2v) is 5.94. The third-order valence-corrected chi connectivity index (χ3v) is 3.79. The molecule has 0 radical (unpaired) electrons. The lowest BCUT2D eigenvalue weighted by Gasteiger charge is -2.21. The lowest BCUT2D eigenvalue weighted by Crippen LogP contribution is -2.00. The van der Waals surface area contributed by atoms with E-state index in [1.54, 1.807) is 0 Å². The molecule has 0 aliphatic heterocycles. The van der Waals surface area contributed by atoms with Crippen molar-refractivity contribution < 1.29 is 0 Å². The van der Waals surface area contributed by atoms with Crippen LogP contribution in [0.2, 0.25) is 0 Å². The Kier molecular flexibility index (Phi) is 4.09. The van der Waals surface area contributed by atoms with Gasteiger partial charge in [0.25, 0.3) is 0 Å². The van der Waals surface area contributed by atoms with Crippen molar-refractivity contribution in [3.63, 3.8) is 0 Å². The normalized spacial score (nSPS) is 11.3. The summed E-state index contributed by atoms with van der Waals surface area (Å²) >= 11 is 0. The molecule has 0 spiro atoms. The zero-order chi connectivity index (χ0) is 14.0. The summed E-state index contributed by atoms with van der Waals surface area (Å²) < 4.78 is 0. The first-order valence-electron chi connectivity index (χ1n) is 7.21. The van der Waals surface area contributed by atoms with Gasteiger partial charge in [0.15, 0.2) is 0 Å². The number of aryl methyl sites for hydroxylation is 1. The Balaban J connectivity index is 2.76. The molecule has 0 bridgehead atoms. The number of hydrogen-bond acceptors (Lipinski definition) is 0. The maximum absolute atomic E-state index is 2.28. The van der Waals surface area contributed by atoms with Crippen LogP contribution in [0.15, 0.2) is 42.5 Å². The van der Waals surface area contributed by atoms with Gasteiger partial charge in [0.05, 0.1) is 0 Å². The Hall–Kier alpha value is -1.56. The Labute approximate surface area is 117 Å². The highest BCUT2D eigenvalue weighted by molar-refractivity contribution is 5.75. The van der Waals surface area contributed by atoms with E-state index >= 15 is 0 Å². The smallest absolute Gasteiger partial charge is 0.0112 e. The van der Waals surface area contributed by atoms with Crippen LogP contribution in [0.4, 0.5) is 0 Å². The maximum atomic E-state index is 2.28. The van der Waals surface area contributed by atoms with Gasteiger partial charge in [-0.2, -0.15) is 0 Å². The fraction of sp³-hybridized carbons (Fsp3) is 0.368. The highest BCUT2D eigenvalue weighted by Gasteiger charge is 2.16. The van der Waals surface area contributed by atoms with Gasteiger partial charge >= 0.3 is 0 Å². The van der Waals surface area contributed by atoms with Crippen molar-refractivity contribution in [1.82, 2.24) is 0 Å². The van der Waals surface area contributed by atoms with Gasteiger partial charge in [-0.1, -0.05) is 70.2 Å². The molecule has 0 nitrogen and oxygen atoms in total. The van der Waals surface area contributed by atoms with E-state index in [1.807, 2.05) is 0 Å². The van der Waals surface area contributed by atoms with Crippen LogP contribution in [-0.4, -0.2) is 0 Å². The standard InChI is InChI=1S/C19H24/c1-13(2)16-11-8-12-17(14(3)4)19(16)18-10-7-6-9-15(18)5/h6-14H,1-5H3. The van der Waals surface area contributed by atoms with Crippen LogP contribution in [0.25, 0.3) is 11.1 Å². The third kappa shape index (κ3) is 2.73. The second-order valence-electron chi connectivity index (χ2n) is 5.94. The molecule has 0 saturated heterocycles. The molecule has 2 aromatic carbocycles. The molecule has 0 aliphatic carbocycles. The molecule has 0 saturated carbocycles. The number of benzene rings is 2. The summed E-state index contributed by atoms with van der Waals surface area (Å²) in [5, 5.41) is 0. The largest absolute Gasteiger partial charge is 0.0620 e. The molecule has 0 atom stereocenters. The first-order chi connectivity index (χ1) is 9.02. The van der Waals surface area contributed by atoms with Crippen LogP contribution < -0.4 is 0 Å². The van der Waals surface area contributed by atoms with Crippen molar-refractivity contribution in [2.75, 3.05) is 0 Å². The minimum absolute atomic E-state index is 0.549. The van der Waals surface area contributed by atoms with Gasteiger partial charge < -0.3 is 0 Å². The van der Waals surface area contributed by atoms with Crippen molar-refractivity contribution in [1.29, 1.82) is 0 Å². The van der Waals surface area contributed by atoms with Crippen molar-refractivity contribution in [3.8, 4) is 11.1 Å². The van der Waals surface area contributed by atoms with E-state index in [2.05, 4.69) is 77.1 Å². The average Bonchev–Trinajstić information content (AvgIpc) is 2.38. The van der Waals surface area contributed by atoms with E-state index in [0.29, 0.717) is 11.8 Å². The van der Waals surface area contributed by atoms with Gasteiger partial charge in [-0.15, -0.1) is 0 Å². The summed E-state index contributed by atoms with van der Waals surface area (Å²) in [4.78, 5) is 0. The van der Waals surface area contributed by atoms with Crippen LogP contribution in [0.1, 0.15) is 56.2 Å². The van der Waals surface area contributed by atoms with Crippen molar-refractivity contribution in [3.05, 3.63) is 59.2 Å². The van der Waals surface area contributed by atoms with Gasteiger partial charge in [0, 0.05) is 0 Å². The summed E-state index contributed by atoms with van der Waals surface area (Å²) in [5.41, 5.74) is 7.11. The topological polar surface area (TPSA) is 0 Å². The summed E-state index contributed by atoms with van der Waals surface area (Å²) in [5.74, 6) is 1.10. The Bertz CT molecular complexity index is 536. The molecule has 0 amide bonds. The molecular weight excluding hydrogens is 228 g/mol. The highest BCUT2D eigenvalue weighted by Crippen LogP contribution is 2.37. The van der Waals surface area contributed by atoms with Crippen LogP contribution in [-0.2, 0) is 0 Å². The fourth-order valence-electron chi connectivity index (χ4n) is 2.72. The molecule has 0 fully saturated rings. The molecule has 2 aromatic rings. The van der Waals surface area contributed by atoms with Gasteiger partial charge in [-0.3, -0.25) is 0 Å². The summed E-state index contributed by atoms with van der Waals surface area (Å²) in [6, 6.07) is 15.5. The van der Waals surface area contributed by atoms with Crippen LogP contribution in [0.3, 0.4) is 0 Å². The van der Waals surface area contributed by atoms with E-state index in [9.17, 15) is 0 Å². The third-order valence-electron chi connectivity index (χ3n) is 3.79. The zero-order valence-electron chi connectivity index (χ0n) is 12.7. The minimum Gasteiger partial charge on any atom is -0.0620 e. The predicted molar refractivity (Wildman–Crippen MR) is 84.8 cm³/mol. The van der Waals surface area contributed by atoms with E-state index < -0.39 is 0 Å². The van der Waals surface area contributed by atoms with E-state index in [4.69, 9.17) is 0 Å². The highest BCUT2D eigenvalue weighted by atomic mass is 14.2. The van der Waals surface area contributed by atoms with E-state index in [1.165, 1.54) is 27.8 Å². The zero-order valence-corrected chi connectivity index (χ0v) is 12.7. The van der Waals surface area contributed by atoms with Gasteiger partial charge in [0.1, 0.15) is 0 Å². The predicted octanol–water partition coefficient (Wildman–Crippen LogP) is 5.91. The fourth-order valence-corrected chi connectivity index (χ4v) is 2.72. The number of hydrogen-bond donors (Lipinski definition) is 0. The monoisotopic (exact) mass is 252 g/mol. The number of rotatable bonds is 3. The molecule has 0 unspecified atom stereocenters. The Morgan fingerprint density at radius 3 is 1.68 bits per heavy atom. The van der Waals surface area contributed by atoms with Crippen molar-refractivity contribution >= 4 is 0 Å². The maximum Gasteiger partial charge on any atom is -0.0112 e. The van der Waals surface area contributed by atoms with Crippen molar-refractivity contribution in [2.24, 2.45) is 0 Å². The van der Waals surface area contributed by atoms with E-state index in [0.717, 1.165) is 0 Å². The molecule has 0 aliphatic rings. The van der Waals surface area contributed by atoms with E-state index in [-0.39, 0.29) is 0 Å². The van der Waals surface area contributed by atoms with Crippen LogP contribution in [0.5, 0.6) is 0 Å². The lowest BCUT2D eigenvalue weighted by atomic mass is 9.84. The summed E-state index contributed by atoms with van der Waals surface area (Å²) in [6.45, 7) is 11.3. The van der Waals surface area contributed by atoms with Crippen LogP contribution >= 0.6 is 0 Å². The van der Waals surface area contributed by atoms with Gasteiger partial charge in [-0.05, 0) is 46.6 Å². The average molecular weight is 252 g/mol. The summed E-state index contributed by atoms with van der Waals surface area (Å²) in [6.07, 6.45) is 0. The Morgan fingerprint density at radius 1 is 0.684 bits per heavy atom. The summed E-state index contributed by atoms with van der Waals surface area (Å²) in [7, 11) is 0. The molecule has 2 rings (SSSR count). The quantitative estimate of drug-likeness (QED) is 0.637. The molecule has 0 heteroatoms. The van der Waals surface area contributed by atoms with Crippen molar-refractivity contribution in [2.45, 2.75) is 46.5 Å². The van der Waals surface area contributed by atoms with Crippen LogP contribution in [0, 0.1) is 6.92 Å². The first-order valence-corrected chi connectivity index (χ1v) is 7.21. The lowest BCUT2D eigenvalue weighted by molar-refractivity contribution is 0.838. The second kappa shape index (κ2) is 5.61. The molecule has 0 N–H and O–H groups in total.